The van der Waals surface area contributed by atoms with Crippen LogP contribution >= 0.6 is 11.6 Å². The molecule has 0 aliphatic carbocycles. The highest BCUT2D eigenvalue weighted by molar-refractivity contribution is 6.31. The number of hydrogen-bond donors (Lipinski definition) is 1. The topological polar surface area (TPSA) is 60.5 Å². The average molecular weight is 272 g/mol. The molecule has 1 aliphatic rings. The van der Waals surface area contributed by atoms with Crippen LogP contribution in [0, 0.1) is 0 Å². The molecule has 0 spiro atoms. The third kappa shape index (κ3) is 2.68. The molecule has 1 aliphatic heterocycles. The van der Waals surface area contributed by atoms with Gasteiger partial charge in [-0.05, 0) is 13.0 Å². The average Bonchev–Trinajstić information content (AvgIpc) is 2.79. The van der Waals surface area contributed by atoms with Crippen molar-refractivity contribution < 1.29 is 9.53 Å². The maximum absolute atomic E-state index is 12.4. The molecule has 18 heavy (non-hydrogen) atoms. The molecule has 1 atom stereocenters. The van der Waals surface area contributed by atoms with Gasteiger partial charge < -0.3 is 19.9 Å². The number of ether oxygens (including phenoxy) is 1. The second-order valence-corrected chi connectivity index (χ2v) is 4.75. The standard InChI is InChI=1S/C12H18ClN3O2/c1-2-15-7-9(13)5-11(15)12(17)16-3-4-18-10(6-14)8-16/h5,7,10H,2-4,6,8,14H2,1H3. The van der Waals surface area contributed by atoms with E-state index in [2.05, 4.69) is 0 Å². The molecule has 2 heterocycles. The van der Waals surface area contributed by atoms with E-state index in [-0.39, 0.29) is 12.0 Å². The molecule has 100 valence electrons. The number of nitrogens with two attached hydrogens (primary N) is 1. The zero-order valence-corrected chi connectivity index (χ0v) is 11.2. The van der Waals surface area contributed by atoms with E-state index >= 15 is 0 Å². The number of carbonyl (C=O) groups excluding carboxylic acids is 1. The zero-order chi connectivity index (χ0) is 13.1. The quantitative estimate of drug-likeness (QED) is 0.891. The Morgan fingerprint density at radius 2 is 2.44 bits per heavy atom. The summed E-state index contributed by atoms with van der Waals surface area (Å²) in [6, 6.07) is 1.71. The largest absolute Gasteiger partial charge is 0.373 e. The van der Waals surface area contributed by atoms with Crippen molar-refractivity contribution in [2.75, 3.05) is 26.2 Å². The van der Waals surface area contributed by atoms with Gasteiger partial charge in [-0.1, -0.05) is 11.6 Å². The minimum absolute atomic E-state index is 0.00880. The number of carbonyl (C=O) groups is 1. The normalized spacial score (nSPS) is 20.2. The fourth-order valence-electron chi connectivity index (χ4n) is 2.12. The van der Waals surface area contributed by atoms with Crippen molar-refractivity contribution in [1.29, 1.82) is 0 Å². The highest BCUT2D eigenvalue weighted by Crippen LogP contribution is 2.17. The molecular weight excluding hydrogens is 254 g/mol. The summed E-state index contributed by atoms with van der Waals surface area (Å²) in [6.45, 7) is 4.81. The van der Waals surface area contributed by atoms with Gasteiger partial charge in [0.15, 0.2) is 0 Å². The number of rotatable bonds is 3. The van der Waals surface area contributed by atoms with Gasteiger partial charge in [0, 0.05) is 32.4 Å². The third-order valence-electron chi connectivity index (χ3n) is 3.11. The fraction of sp³-hybridized carbons (Fsp3) is 0.583. The number of amides is 1. The SMILES string of the molecule is CCn1cc(Cl)cc1C(=O)N1CCOC(CN)C1. The van der Waals surface area contributed by atoms with Crippen molar-refractivity contribution in [1.82, 2.24) is 9.47 Å². The van der Waals surface area contributed by atoms with Gasteiger partial charge in [-0.15, -0.1) is 0 Å². The molecule has 1 aromatic heterocycles. The molecule has 5 nitrogen and oxygen atoms in total. The Morgan fingerprint density at radius 1 is 1.67 bits per heavy atom. The molecule has 1 amide bonds. The second-order valence-electron chi connectivity index (χ2n) is 4.31. The Balaban J connectivity index is 2.14. The van der Waals surface area contributed by atoms with Crippen LogP contribution in [0.3, 0.4) is 0 Å². The lowest BCUT2D eigenvalue weighted by atomic mass is 10.2. The Labute approximate surface area is 111 Å². The summed E-state index contributed by atoms with van der Waals surface area (Å²) in [5, 5.41) is 0.587. The zero-order valence-electron chi connectivity index (χ0n) is 10.4. The molecule has 1 fully saturated rings. The first-order valence-corrected chi connectivity index (χ1v) is 6.50. The fourth-order valence-corrected chi connectivity index (χ4v) is 2.34. The summed E-state index contributed by atoms with van der Waals surface area (Å²) in [5.74, 6) is -0.00880. The first kappa shape index (κ1) is 13.4. The third-order valence-corrected chi connectivity index (χ3v) is 3.32. The predicted molar refractivity (Wildman–Crippen MR) is 69.8 cm³/mol. The van der Waals surface area contributed by atoms with Crippen molar-refractivity contribution in [2.45, 2.75) is 19.6 Å². The molecule has 0 radical (unpaired) electrons. The monoisotopic (exact) mass is 271 g/mol. The number of halogens is 1. The lowest BCUT2D eigenvalue weighted by Crippen LogP contribution is -2.48. The number of nitrogens with zero attached hydrogens (tertiary/aromatic N) is 2. The van der Waals surface area contributed by atoms with Gasteiger partial charge in [-0.25, -0.2) is 0 Å². The maximum atomic E-state index is 12.4. The highest BCUT2D eigenvalue weighted by Gasteiger charge is 2.26. The van der Waals surface area contributed by atoms with Crippen LogP contribution in [0.1, 0.15) is 17.4 Å². The lowest BCUT2D eigenvalue weighted by molar-refractivity contribution is -0.0171. The molecule has 2 N–H and O–H groups in total. The van der Waals surface area contributed by atoms with E-state index < -0.39 is 0 Å². The van der Waals surface area contributed by atoms with Gasteiger partial charge in [0.05, 0.1) is 17.7 Å². The van der Waals surface area contributed by atoms with E-state index in [4.69, 9.17) is 22.1 Å². The highest BCUT2D eigenvalue weighted by atomic mass is 35.5. The summed E-state index contributed by atoms with van der Waals surface area (Å²) in [6.07, 6.45) is 1.71. The van der Waals surface area contributed by atoms with Crippen LogP contribution in [0.4, 0.5) is 0 Å². The van der Waals surface area contributed by atoms with Crippen molar-refractivity contribution in [2.24, 2.45) is 5.73 Å². The van der Waals surface area contributed by atoms with Gasteiger partial charge >= 0.3 is 0 Å². The minimum Gasteiger partial charge on any atom is -0.373 e. The number of hydrogen-bond acceptors (Lipinski definition) is 3. The first-order valence-electron chi connectivity index (χ1n) is 6.12. The summed E-state index contributed by atoms with van der Waals surface area (Å²) >= 11 is 5.95. The first-order chi connectivity index (χ1) is 8.65. The van der Waals surface area contributed by atoms with Gasteiger partial charge in [-0.3, -0.25) is 4.79 Å². The van der Waals surface area contributed by atoms with Gasteiger partial charge in [-0.2, -0.15) is 0 Å². The molecule has 0 aromatic carbocycles. The molecule has 1 saturated heterocycles. The van der Waals surface area contributed by atoms with Crippen LogP contribution in [0.25, 0.3) is 0 Å². The Bertz CT molecular complexity index is 433. The van der Waals surface area contributed by atoms with E-state index in [1.54, 1.807) is 17.2 Å². The molecule has 0 saturated carbocycles. The smallest absolute Gasteiger partial charge is 0.270 e. The van der Waals surface area contributed by atoms with Crippen molar-refractivity contribution in [3.63, 3.8) is 0 Å². The predicted octanol–water partition coefficient (Wildman–Crippen LogP) is 0.961. The molecule has 1 aromatic rings. The van der Waals surface area contributed by atoms with Crippen molar-refractivity contribution >= 4 is 17.5 Å². The minimum atomic E-state index is -0.0665. The Morgan fingerprint density at radius 3 is 3.11 bits per heavy atom. The van der Waals surface area contributed by atoms with Crippen LogP contribution in [0.2, 0.25) is 5.02 Å². The number of aryl methyl sites for hydroxylation is 1. The molecule has 0 bridgehead atoms. The van der Waals surface area contributed by atoms with Crippen LogP contribution in [-0.4, -0.2) is 47.7 Å². The van der Waals surface area contributed by atoms with E-state index in [0.29, 0.717) is 37.0 Å². The molecular formula is C12H18ClN3O2. The molecule has 6 heteroatoms. The number of morpholine rings is 1. The van der Waals surface area contributed by atoms with E-state index in [9.17, 15) is 4.79 Å². The van der Waals surface area contributed by atoms with E-state index in [1.165, 1.54) is 0 Å². The summed E-state index contributed by atoms with van der Waals surface area (Å²) < 4.78 is 7.31. The summed E-state index contributed by atoms with van der Waals surface area (Å²) in [7, 11) is 0. The van der Waals surface area contributed by atoms with Crippen molar-refractivity contribution in [3.8, 4) is 0 Å². The second kappa shape index (κ2) is 5.73. The van der Waals surface area contributed by atoms with Crippen LogP contribution in [0.15, 0.2) is 12.3 Å². The van der Waals surface area contributed by atoms with E-state index in [1.807, 2.05) is 11.5 Å². The van der Waals surface area contributed by atoms with Gasteiger partial charge in [0.1, 0.15) is 5.69 Å². The van der Waals surface area contributed by atoms with Gasteiger partial charge in [0.2, 0.25) is 0 Å². The van der Waals surface area contributed by atoms with Crippen LogP contribution in [0.5, 0.6) is 0 Å². The Hall–Kier alpha value is -1.04. The summed E-state index contributed by atoms with van der Waals surface area (Å²) in [4.78, 5) is 14.2. The van der Waals surface area contributed by atoms with Crippen LogP contribution in [-0.2, 0) is 11.3 Å². The summed E-state index contributed by atoms with van der Waals surface area (Å²) in [5.41, 5.74) is 6.20. The molecule has 2 rings (SSSR count). The van der Waals surface area contributed by atoms with Crippen molar-refractivity contribution in [3.05, 3.63) is 23.0 Å². The van der Waals surface area contributed by atoms with E-state index in [0.717, 1.165) is 6.54 Å². The number of aromatic nitrogens is 1. The van der Waals surface area contributed by atoms with Crippen LogP contribution < -0.4 is 5.73 Å². The lowest BCUT2D eigenvalue weighted by Gasteiger charge is -2.32. The maximum Gasteiger partial charge on any atom is 0.270 e. The van der Waals surface area contributed by atoms with Gasteiger partial charge in [0.25, 0.3) is 5.91 Å². The molecule has 1 unspecified atom stereocenters. The Kier molecular flexibility index (Phi) is 4.27.